The number of aliphatic hydroxyl groups excluding tert-OH is 1. The zero-order valence-electron chi connectivity index (χ0n) is 10.6. The first-order valence-electron chi connectivity index (χ1n) is 6.45. The zero-order valence-corrected chi connectivity index (χ0v) is 11.4. The largest absolute Gasteiger partial charge is 0.393 e. The monoisotopic (exact) mass is 256 g/mol. The van der Waals surface area contributed by atoms with E-state index in [1.807, 2.05) is 18.7 Å². The van der Waals surface area contributed by atoms with Gasteiger partial charge in [-0.3, -0.25) is 4.68 Å². The van der Waals surface area contributed by atoms with Crippen LogP contribution in [-0.4, -0.2) is 21.0 Å². The van der Waals surface area contributed by atoms with Crippen molar-refractivity contribution in [2.24, 2.45) is 13.0 Å². The minimum atomic E-state index is -0.177. The van der Waals surface area contributed by atoms with Gasteiger partial charge < -0.3 is 5.11 Å². The van der Waals surface area contributed by atoms with Crippen LogP contribution in [0.1, 0.15) is 43.5 Å². The van der Waals surface area contributed by atoms with Crippen LogP contribution in [0.4, 0.5) is 0 Å². The van der Waals surface area contributed by atoms with Gasteiger partial charge in [0.1, 0.15) is 0 Å². The molecule has 1 aromatic heterocycles. The molecule has 4 heteroatoms. The second-order valence-corrected chi connectivity index (χ2v) is 5.52. The first kappa shape index (κ1) is 12.9. The third-order valence-corrected chi connectivity index (χ3v) is 4.33. The van der Waals surface area contributed by atoms with Crippen LogP contribution in [0.25, 0.3) is 0 Å². The molecule has 17 heavy (non-hydrogen) atoms. The van der Waals surface area contributed by atoms with Crippen molar-refractivity contribution in [2.45, 2.75) is 51.6 Å². The van der Waals surface area contributed by atoms with Gasteiger partial charge in [0.05, 0.1) is 22.5 Å². The number of aliphatic hydroxyl groups is 1. The maximum Gasteiger partial charge on any atom is 0.0847 e. The van der Waals surface area contributed by atoms with Gasteiger partial charge in [-0.05, 0) is 32.1 Å². The van der Waals surface area contributed by atoms with E-state index in [9.17, 15) is 5.11 Å². The van der Waals surface area contributed by atoms with Crippen molar-refractivity contribution in [2.75, 3.05) is 0 Å². The Morgan fingerprint density at radius 3 is 2.71 bits per heavy atom. The molecular formula is C13H21ClN2O. The Morgan fingerprint density at radius 1 is 1.35 bits per heavy atom. The summed E-state index contributed by atoms with van der Waals surface area (Å²) < 4.78 is 1.86. The molecule has 2 unspecified atom stereocenters. The predicted octanol–water partition coefficient (Wildman–Crippen LogP) is 2.87. The molecule has 0 saturated heterocycles. The SMILES string of the molecule is Cc1nn(C)c(CC2CCCCCC2O)c1Cl. The van der Waals surface area contributed by atoms with Gasteiger partial charge in [-0.1, -0.05) is 30.9 Å². The minimum Gasteiger partial charge on any atom is -0.393 e. The standard InChI is InChI=1S/C13H21ClN2O/c1-9-13(14)11(16(2)15-9)8-10-6-4-3-5-7-12(10)17/h10,12,17H,3-8H2,1-2H3. The highest BCUT2D eigenvalue weighted by Crippen LogP contribution is 2.29. The number of hydrogen-bond donors (Lipinski definition) is 1. The number of hydrogen-bond acceptors (Lipinski definition) is 2. The lowest BCUT2D eigenvalue weighted by Gasteiger charge is -2.20. The van der Waals surface area contributed by atoms with Crippen LogP contribution in [0.3, 0.4) is 0 Å². The molecule has 0 spiro atoms. The maximum absolute atomic E-state index is 10.1. The van der Waals surface area contributed by atoms with Crippen LogP contribution >= 0.6 is 11.6 Å². The summed E-state index contributed by atoms with van der Waals surface area (Å²) in [5.74, 6) is 0.338. The van der Waals surface area contributed by atoms with Crippen LogP contribution < -0.4 is 0 Å². The highest BCUT2D eigenvalue weighted by molar-refractivity contribution is 6.31. The third kappa shape index (κ3) is 2.83. The first-order chi connectivity index (χ1) is 8.09. The molecule has 2 atom stereocenters. The topological polar surface area (TPSA) is 38.0 Å². The molecule has 0 radical (unpaired) electrons. The fraction of sp³-hybridized carbons (Fsp3) is 0.769. The molecular weight excluding hydrogens is 236 g/mol. The van der Waals surface area contributed by atoms with Gasteiger partial charge in [0.25, 0.3) is 0 Å². The lowest BCUT2D eigenvalue weighted by molar-refractivity contribution is 0.0996. The molecule has 1 heterocycles. The maximum atomic E-state index is 10.1. The molecule has 1 aromatic rings. The van der Waals surface area contributed by atoms with Crippen molar-refractivity contribution in [3.63, 3.8) is 0 Å². The smallest absolute Gasteiger partial charge is 0.0847 e. The molecule has 0 aromatic carbocycles. The summed E-state index contributed by atoms with van der Waals surface area (Å²) in [5, 5.41) is 15.2. The van der Waals surface area contributed by atoms with E-state index in [1.165, 1.54) is 12.8 Å². The summed E-state index contributed by atoms with van der Waals surface area (Å²) in [6, 6.07) is 0. The van der Waals surface area contributed by atoms with Crippen LogP contribution in [0.5, 0.6) is 0 Å². The average Bonchev–Trinajstić information content (AvgIpc) is 2.45. The van der Waals surface area contributed by atoms with E-state index in [-0.39, 0.29) is 6.10 Å². The highest BCUT2D eigenvalue weighted by Gasteiger charge is 2.24. The molecule has 1 saturated carbocycles. The number of aromatic nitrogens is 2. The molecule has 96 valence electrons. The number of halogens is 1. The van der Waals surface area contributed by atoms with Gasteiger partial charge in [0.15, 0.2) is 0 Å². The normalized spacial score (nSPS) is 25.9. The summed E-state index contributed by atoms with van der Waals surface area (Å²) >= 11 is 6.26. The van der Waals surface area contributed by atoms with Gasteiger partial charge in [-0.25, -0.2) is 0 Å². The predicted molar refractivity (Wildman–Crippen MR) is 69.2 cm³/mol. The second kappa shape index (κ2) is 5.40. The lowest BCUT2D eigenvalue weighted by Crippen LogP contribution is -2.22. The molecule has 0 amide bonds. The van der Waals surface area contributed by atoms with Gasteiger partial charge >= 0.3 is 0 Å². The van der Waals surface area contributed by atoms with Crippen LogP contribution in [-0.2, 0) is 13.5 Å². The Labute approximate surface area is 108 Å². The van der Waals surface area contributed by atoms with Crippen molar-refractivity contribution >= 4 is 11.6 Å². The van der Waals surface area contributed by atoms with Crippen molar-refractivity contribution in [3.05, 3.63) is 16.4 Å². The van der Waals surface area contributed by atoms with E-state index >= 15 is 0 Å². The Bertz CT molecular complexity index is 389. The summed E-state index contributed by atoms with van der Waals surface area (Å²) in [6.45, 7) is 1.93. The summed E-state index contributed by atoms with van der Waals surface area (Å²) in [5.41, 5.74) is 1.95. The van der Waals surface area contributed by atoms with Crippen LogP contribution in [0.2, 0.25) is 5.02 Å². The minimum absolute atomic E-state index is 0.177. The first-order valence-corrected chi connectivity index (χ1v) is 6.83. The number of aryl methyl sites for hydroxylation is 2. The van der Waals surface area contributed by atoms with Crippen molar-refractivity contribution in [1.29, 1.82) is 0 Å². The molecule has 0 bridgehead atoms. The fourth-order valence-corrected chi connectivity index (χ4v) is 2.99. The Balaban J connectivity index is 2.13. The van der Waals surface area contributed by atoms with E-state index in [4.69, 9.17) is 11.6 Å². The Hall–Kier alpha value is -0.540. The molecule has 1 N–H and O–H groups in total. The summed E-state index contributed by atoms with van der Waals surface area (Å²) in [4.78, 5) is 0. The Morgan fingerprint density at radius 2 is 2.06 bits per heavy atom. The molecule has 3 nitrogen and oxygen atoms in total. The lowest BCUT2D eigenvalue weighted by atomic mass is 9.92. The van der Waals surface area contributed by atoms with E-state index in [2.05, 4.69) is 5.10 Å². The van der Waals surface area contributed by atoms with E-state index in [1.54, 1.807) is 0 Å². The fourth-order valence-electron chi connectivity index (χ4n) is 2.75. The molecule has 1 fully saturated rings. The van der Waals surface area contributed by atoms with Crippen LogP contribution in [0.15, 0.2) is 0 Å². The average molecular weight is 257 g/mol. The molecule has 0 aliphatic heterocycles. The second-order valence-electron chi connectivity index (χ2n) is 5.14. The van der Waals surface area contributed by atoms with Crippen molar-refractivity contribution < 1.29 is 5.11 Å². The Kier molecular flexibility index (Phi) is 4.10. The third-order valence-electron chi connectivity index (χ3n) is 3.84. The van der Waals surface area contributed by atoms with Crippen molar-refractivity contribution in [3.8, 4) is 0 Å². The highest BCUT2D eigenvalue weighted by atomic mass is 35.5. The molecule has 2 rings (SSSR count). The van der Waals surface area contributed by atoms with Gasteiger partial charge in [-0.2, -0.15) is 5.10 Å². The number of rotatable bonds is 2. The molecule has 1 aliphatic rings. The quantitative estimate of drug-likeness (QED) is 0.827. The molecule has 1 aliphatic carbocycles. The summed E-state index contributed by atoms with van der Waals surface area (Å²) in [6.07, 6.45) is 6.30. The van der Waals surface area contributed by atoms with E-state index in [0.717, 1.165) is 42.1 Å². The van der Waals surface area contributed by atoms with Crippen molar-refractivity contribution in [1.82, 2.24) is 9.78 Å². The van der Waals surface area contributed by atoms with Gasteiger partial charge in [0, 0.05) is 7.05 Å². The van der Waals surface area contributed by atoms with Gasteiger partial charge in [-0.15, -0.1) is 0 Å². The van der Waals surface area contributed by atoms with E-state index in [0.29, 0.717) is 5.92 Å². The van der Waals surface area contributed by atoms with Crippen LogP contribution in [0, 0.1) is 12.8 Å². The number of nitrogens with zero attached hydrogens (tertiary/aromatic N) is 2. The summed E-state index contributed by atoms with van der Waals surface area (Å²) in [7, 11) is 1.93. The van der Waals surface area contributed by atoms with E-state index < -0.39 is 0 Å². The zero-order chi connectivity index (χ0) is 12.4. The van der Waals surface area contributed by atoms with Gasteiger partial charge in [0.2, 0.25) is 0 Å².